The van der Waals surface area contributed by atoms with Crippen LogP contribution in [-0.2, 0) is 4.79 Å². The lowest BCUT2D eigenvalue weighted by Gasteiger charge is -2.06. The van der Waals surface area contributed by atoms with Crippen molar-refractivity contribution >= 4 is 12.2 Å². The van der Waals surface area contributed by atoms with E-state index in [9.17, 15) is 4.79 Å². The van der Waals surface area contributed by atoms with Crippen LogP contribution in [0.15, 0.2) is 12.3 Å². The molecule has 1 radical (unpaired) electrons. The molecule has 0 aliphatic rings. The zero-order chi connectivity index (χ0) is 10.2. The molecule has 0 bridgehead atoms. The van der Waals surface area contributed by atoms with Crippen molar-refractivity contribution in [2.24, 2.45) is 0 Å². The number of pyridine rings is 1. The van der Waals surface area contributed by atoms with Crippen molar-refractivity contribution in [1.29, 1.82) is 0 Å². The van der Waals surface area contributed by atoms with Crippen molar-refractivity contribution in [3.63, 3.8) is 0 Å². The van der Waals surface area contributed by atoms with Gasteiger partial charge in [-0.15, -0.1) is 0 Å². The number of aromatic nitrogens is 1. The van der Waals surface area contributed by atoms with Gasteiger partial charge in [0, 0.05) is 25.4 Å². The number of hydrogen-bond donors (Lipinski definition) is 2. The Labute approximate surface area is 83.7 Å². The van der Waals surface area contributed by atoms with E-state index in [1.807, 2.05) is 13.0 Å². The maximum absolute atomic E-state index is 9.94. The van der Waals surface area contributed by atoms with E-state index in [1.165, 1.54) is 0 Å². The molecule has 0 aromatic carbocycles. The highest BCUT2D eigenvalue weighted by atomic mass is 16.1. The molecule has 0 saturated carbocycles. The highest BCUT2D eigenvalue weighted by Crippen LogP contribution is 2.07. The quantitative estimate of drug-likeness (QED) is 0.516. The lowest BCUT2D eigenvalue weighted by molar-refractivity contribution is -0.109. The fraction of sp³-hybridized carbons (Fsp3) is 0.400. The van der Waals surface area contributed by atoms with Crippen LogP contribution in [0.2, 0.25) is 0 Å². The van der Waals surface area contributed by atoms with Gasteiger partial charge in [-0.05, 0) is 25.0 Å². The van der Waals surface area contributed by atoms with Crippen molar-refractivity contribution in [2.45, 2.75) is 13.3 Å². The maximum atomic E-state index is 9.94. The molecular formula is C10H14N3O. The van der Waals surface area contributed by atoms with Gasteiger partial charge in [0.05, 0.1) is 0 Å². The smallest absolute Gasteiger partial charge is 0.207 e. The highest BCUT2D eigenvalue weighted by Gasteiger charge is 1.95. The topological polar surface area (TPSA) is 54.0 Å². The normalized spacial score (nSPS) is 9.50. The van der Waals surface area contributed by atoms with Gasteiger partial charge in [0.1, 0.15) is 5.82 Å². The second-order valence-electron chi connectivity index (χ2n) is 2.95. The monoisotopic (exact) mass is 192 g/mol. The van der Waals surface area contributed by atoms with E-state index in [1.54, 1.807) is 6.20 Å². The van der Waals surface area contributed by atoms with Crippen molar-refractivity contribution in [3.8, 4) is 0 Å². The van der Waals surface area contributed by atoms with Gasteiger partial charge in [0.2, 0.25) is 6.41 Å². The summed E-state index contributed by atoms with van der Waals surface area (Å²) < 4.78 is 0. The molecule has 2 N–H and O–H groups in total. The van der Waals surface area contributed by atoms with Gasteiger partial charge in [-0.2, -0.15) is 0 Å². The molecule has 0 fully saturated rings. The molecule has 1 aromatic rings. The van der Waals surface area contributed by atoms with E-state index in [2.05, 4.69) is 21.7 Å². The van der Waals surface area contributed by atoms with E-state index in [-0.39, 0.29) is 0 Å². The first-order valence-electron chi connectivity index (χ1n) is 4.58. The van der Waals surface area contributed by atoms with Gasteiger partial charge in [-0.25, -0.2) is 4.98 Å². The standard InChI is InChI=1S/C10H14N3O/c1-9-4-2-6-12-10(9)13-7-3-5-11-8-14/h4,6,8H,3,5,7H2,1H3,(H,11,14)(H,12,13). The van der Waals surface area contributed by atoms with Crippen LogP contribution < -0.4 is 10.6 Å². The number of carbonyl (C=O) groups is 1. The van der Waals surface area contributed by atoms with E-state index in [0.29, 0.717) is 13.0 Å². The number of amides is 1. The van der Waals surface area contributed by atoms with Gasteiger partial charge < -0.3 is 10.6 Å². The summed E-state index contributed by atoms with van der Waals surface area (Å²) in [5.74, 6) is 0.884. The summed E-state index contributed by atoms with van der Waals surface area (Å²) in [6.07, 6.45) is 3.23. The minimum atomic E-state index is 0.689. The Balaban J connectivity index is 2.24. The molecule has 75 valence electrons. The highest BCUT2D eigenvalue weighted by molar-refractivity contribution is 5.45. The number of rotatable bonds is 6. The second kappa shape index (κ2) is 5.96. The number of aryl methyl sites for hydroxylation is 1. The molecule has 0 saturated heterocycles. The molecule has 0 unspecified atom stereocenters. The Kier molecular flexibility index (Phi) is 4.47. The zero-order valence-electron chi connectivity index (χ0n) is 8.21. The summed E-state index contributed by atoms with van der Waals surface area (Å²) >= 11 is 0. The largest absolute Gasteiger partial charge is 0.370 e. The third kappa shape index (κ3) is 3.43. The van der Waals surface area contributed by atoms with Crippen LogP contribution in [0.3, 0.4) is 0 Å². The van der Waals surface area contributed by atoms with Crippen molar-refractivity contribution in [1.82, 2.24) is 10.3 Å². The number of carbonyl (C=O) groups excluding carboxylic acids is 1. The Morgan fingerprint density at radius 3 is 3.14 bits per heavy atom. The fourth-order valence-corrected chi connectivity index (χ4v) is 1.08. The summed E-state index contributed by atoms with van der Waals surface area (Å²) in [6.45, 7) is 3.47. The van der Waals surface area contributed by atoms with Crippen molar-refractivity contribution in [3.05, 3.63) is 23.9 Å². The van der Waals surface area contributed by atoms with Gasteiger partial charge in [0.25, 0.3) is 0 Å². The summed E-state index contributed by atoms with van der Waals surface area (Å²) in [4.78, 5) is 14.1. The van der Waals surface area contributed by atoms with Gasteiger partial charge in [0.15, 0.2) is 0 Å². The molecule has 1 heterocycles. The van der Waals surface area contributed by atoms with Crippen LogP contribution in [0, 0.1) is 13.0 Å². The maximum Gasteiger partial charge on any atom is 0.207 e. The lowest BCUT2D eigenvalue weighted by Crippen LogP contribution is -2.16. The first-order chi connectivity index (χ1) is 6.84. The second-order valence-corrected chi connectivity index (χ2v) is 2.95. The Morgan fingerprint density at radius 2 is 2.43 bits per heavy atom. The molecule has 1 aromatic heterocycles. The third-order valence-corrected chi connectivity index (χ3v) is 1.82. The van der Waals surface area contributed by atoms with Crippen molar-refractivity contribution in [2.75, 3.05) is 18.4 Å². The predicted octanol–water partition coefficient (Wildman–Crippen LogP) is 0.738. The van der Waals surface area contributed by atoms with Crippen LogP contribution in [-0.4, -0.2) is 24.5 Å². The fourth-order valence-electron chi connectivity index (χ4n) is 1.08. The molecule has 0 spiro atoms. The van der Waals surface area contributed by atoms with Crippen LogP contribution in [0.5, 0.6) is 0 Å². The number of nitrogens with one attached hydrogen (secondary N) is 2. The SMILES string of the molecule is Cc1c[c]cnc1NCCCNC=O. The number of anilines is 1. The number of hydrogen-bond acceptors (Lipinski definition) is 3. The van der Waals surface area contributed by atoms with Gasteiger partial charge in [-0.1, -0.05) is 0 Å². The van der Waals surface area contributed by atoms with Crippen molar-refractivity contribution < 1.29 is 4.79 Å². The van der Waals surface area contributed by atoms with Gasteiger partial charge in [-0.3, -0.25) is 4.79 Å². The summed E-state index contributed by atoms with van der Waals surface area (Å²) in [7, 11) is 0. The molecule has 14 heavy (non-hydrogen) atoms. The molecule has 1 rings (SSSR count). The molecule has 0 aliphatic heterocycles. The minimum absolute atomic E-state index is 0.689. The Morgan fingerprint density at radius 1 is 1.57 bits per heavy atom. The van der Waals surface area contributed by atoms with E-state index in [4.69, 9.17) is 0 Å². The first-order valence-corrected chi connectivity index (χ1v) is 4.58. The van der Waals surface area contributed by atoms with Crippen LogP contribution >= 0.6 is 0 Å². The summed E-state index contributed by atoms with van der Waals surface area (Å²) in [5, 5.41) is 5.79. The molecule has 4 nitrogen and oxygen atoms in total. The predicted molar refractivity (Wildman–Crippen MR) is 55.0 cm³/mol. The Hall–Kier alpha value is -1.58. The molecule has 1 amide bonds. The van der Waals surface area contributed by atoms with Crippen LogP contribution in [0.25, 0.3) is 0 Å². The molecule has 0 atom stereocenters. The van der Waals surface area contributed by atoms with E-state index >= 15 is 0 Å². The Bertz CT molecular complexity index is 288. The zero-order valence-corrected chi connectivity index (χ0v) is 8.21. The summed E-state index contributed by atoms with van der Waals surface area (Å²) in [5.41, 5.74) is 1.08. The first kappa shape index (κ1) is 10.5. The van der Waals surface area contributed by atoms with Gasteiger partial charge >= 0.3 is 0 Å². The minimum Gasteiger partial charge on any atom is -0.370 e. The van der Waals surface area contributed by atoms with Crippen LogP contribution in [0.1, 0.15) is 12.0 Å². The van der Waals surface area contributed by atoms with Crippen LogP contribution in [0.4, 0.5) is 5.82 Å². The van der Waals surface area contributed by atoms with E-state index < -0.39 is 0 Å². The average Bonchev–Trinajstić information content (AvgIpc) is 2.20. The molecular weight excluding hydrogens is 178 g/mol. The van der Waals surface area contributed by atoms with E-state index in [0.717, 1.165) is 24.3 Å². The molecule has 4 heteroatoms. The lowest BCUT2D eigenvalue weighted by atomic mass is 10.3. The molecule has 0 aliphatic carbocycles. The average molecular weight is 192 g/mol. The number of nitrogens with zero attached hydrogens (tertiary/aromatic N) is 1. The third-order valence-electron chi connectivity index (χ3n) is 1.82. The summed E-state index contributed by atoms with van der Waals surface area (Å²) in [6, 6.07) is 4.79.